The van der Waals surface area contributed by atoms with Crippen molar-refractivity contribution in [3.8, 4) is 0 Å². The number of carbonyl (C=O) groups excluding carboxylic acids is 6. The first-order chi connectivity index (χ1) is 35.8. The van der Waals surface area contributed by atoms with Crippen LogP contribution in [0.25, 0.3) is 0 Å². The van der Waals surface area contributed by atoms with Gasteiger partial charge in [-0.1, -0.05) is 67.9 Å². The van der Waals surface area contributed by atoms with E-state index in [-0.39, 0.29) is 55.8 Å². The molecule has 0 aromatic heterocycles. The zero-order chi connectivity index (χ0) is 59.9. The maximum atomic E-state index is 12.6. The molecule has 4 saturated carbocycles. The molecule has 4 aromatic rings. The van der Waals surface area contributed by atoms with Crippen molar-refractivity contribution in [3.63, 3.8) is 0 Å². The minimum Gasteiger partial charge on any atom is -0.281 e. The number of carbonyl (C=O) groups is 6. The van der Waals surface area contributed by atoms with Crippen molar-refractivity contribution in [1.82, 2.24) is 0 Å². The molecule has 4 aliphatic rings. The van der Waals surface area contributed by atoms with E-state index in [1.54, 1.807) is 0 Å². The van der Waals surface area contributed by atoms with E-state index >= 15 is 0 Å². The largest absolute Gasteiger partial charge is 0.417 e. The standard InChI is InChI=1S/C11H15ClO.C9H3ClF6O.C9H17ClO.C7H2Cl4O.C7HClF4O.C7H2ClF3O/c12-10(13)11-4-7-1-8(5-11)3-9(2-7)6-11;10-7(17)5-3-4(8(11,12)13)1-2-6(5)9(14,15)16;1-8(2)6-4-3-5-7-9(10)11;8-3-1-4(9)6(7(11)12)5(10)2-3;8-7(13)2-1-3(9)5(11)6(12)4(2)10;8-7(12)3-1-2-4(9)6(11)5(3)10/h7-9H,1-6H2;1-3H;8H,3-7H2,1-2H3;1-2H;1H;1-2H. The van der Waals surface area contributed by atoms with Crippen LogP contribution in [0.4, 0.5) is 57.1 Å². The first-order valence-corrected chi connectivity index (χ1v) is 25.8. The van der Waals surface area contributed by atoms with Gasteiger partial charge in [-0.2, -0.15) is 26.3 Å². The molecule has 6 nitrogen and oxygen atoms in total. The van der Waals surface area contributed by atoms with Crippen LogP contribution in [0.1, 0.15) is 137 Å². The Morgan fingerprint density at radius 2 is 0.987 bits per heavy atom. The summed E-state index contributed by atoms with van der Waals surface area (Å²) >= 11 is 47.5. The fourth-order valence-corrected chi connectivity index (χ4v) is 10.7. The third kappa shape index (κ3) is 21.5. The lowest BCUT2D eigenvalue weighted by atomic mass is 9.50. The molecule has 0 radical (unpaired) electrons. The van der Waals surface area contributed by atoms with Gasteiger partial charge in [-0.05, 0) is 187 Å². The third-order valence-electron chi connectivity index (χ3n) is 11.7. The smallest absolute Gasteiger partial charge is 0.281 e. The molecule has 0 spiro atoms. The van der Waals surface area contributed by atoms with Crippen molar-refractivity contribution < 1.29 is 85.8 Å². The molecule has 78 heavy (non-hydrogen) atoms. The zero-order valence-corrected chi connectivity index (χ0v) is 46.8. The highest BCUT2D eigenvalue weighted by Gasteiger charge is 2.54. The van der Waals surface area contributed by atoms with Crippen LogP contribution in [-0.4, -0.2) is 31.5 Å². The van der Waals surface area contributed by atoms with Gasteiger partial charge in [-0.15, -0.1) is 0 Å². The highest BCUT2D eigenvalue weighted by Crippen LogP contribution is 2.60. The molecule has 8 rings (SSSR count). The van der Waals surface area contributed by atoms with E-state index in [1.165, 1.54) is 44.2 Å². The van der Waals surface area contributed by atoms with Crippen molar-refractivity contribution in [1.29, 1.82) is 0 Å². The normalized spacial score (nSPS) is 17.8. The molecule has 0 atom stereocenters. The van der Waals surface area contributed by atoms with Gasteiger partial charge in [-0.25, -0.2) is 30.7 Å². The maximum Gasteiger partial charge on any atom is 0.417 e. The molecule has 0 heterocycles. The molecule has 4 aromatic carbocycles. The van der Waals surface area contributed by atoms with Crippen molar-refractivity contribution in [2.45, 2.75) is 96.8 Å². The van der Waals surface area contributed by atoms with E-state index < -0.39 is 102 Å². The summed E-state index contributed by atoms with van der Waals surface area (Å²) in [5.74, 6) is -8.82. The fraction of sp³-hybridized carbons (Fsp3) is 0.400. The molecule has 0 unspecified atom stereocenters. The summed E-state index contributed by atoms with van der Waals surface area (Å²) in [6.45, 7) is 4.43. The Hall–Kier alpha value is -3.40. The lowest BCUT2D eigenvalue weighted by Crippen LogP contribution is -2.48. The van der Waals surface area contributed by atoms with Gasteiger partial charge < -0.3 is 0 Å². The molecule has 0 amide bonds. The van der Waals surface area contributed by atoms with Crippen LogP contribution in [0.5, 0.6) is 0 Å². The number of unbranched alkanes of at least 4 members (excludes halogenated alkanes) is 2. The van der Waals surface area contributed by atoms with E-state index in [0.29, 0.717) is 17.5 Å². The van der Waals surface area contributed by atoms with Crippen molar-refractivity contribution in [2.75, 3.05) is 0 Å². The molecule has 0 saturated heterocycles. The summed E-state index contributed by atoms with van der Waals surface area (Å²) in [4.78, 5) is 63.9. The number of rotatable bonds is 11. The lowest BCUT2D eigenvalue weighted by Gasteiger charge is -2.55. The Kier molecular flexibility index (Phi) is 28.2. The Labute approximate surface area is 482 Å². The second kappa shape index (κ2) is 31.1. The van der Waals surface area contributed by atoms with Gasteiger partial charge in [0.15, 0.2) is 40.7 Å². The van der Waals surface area contributed by atoms with Gasteiger partial charge in [-0.3, -0.25) is 28.8 Å². The van der Waals surface area contributed by atoms with E-state index in [4.69, 9.17) is 104 Å². The quantitative estimate of drug-likeness (QED) is 0.0487. The Bertz CT molecular complexity index is 2770. The third-order valence-corrected chi connectivity index (χ3v) is 13.9. The second-order valence-corrected chi connectivity index (χ2v) is 21.4. The summed E-state index contributed by atoms with van der Waals surface area (Å²) in [6, 6.07) is 4.93. The number of alkyl halides is 6. The first kappa shape index (κ1) is 70.7. The van der Waals surface area contributed by atoms with Crippen LogP contribution in [0.2, 0.25) is 15.1 Å². The zero-order valence-electron chi connectivity index (χ0n) is 40.0. The molecule has 4 aliphatic carbocycles. The minimum absolute atomic E-state index is 0.0356. The lowest BCUT2D eigenvalue weighted by molar-refractivity contribution is -0.141. The van der Waals surface area contributed by atoms with Crippen LogP contribution in [-0.2, 0) is 21.9 Å². The summed E-state index contributed by atoms with van der Waals surface area (Å²) < 4.78 is 161. The van der Waals surface area contributed by atoms with Gasteiger partial charge in [0, 0.05) is 22.4 Å². The minimum atomic E-state index is -4.94. The van der Waals surface area contributed by atoms with E-state index in [2.05, 4.69) is 13.8 Å². The average molecular weight is 1300 g/mol. The van der Waals surface area contributed by atoms with Gasteiger partial charge in [0.1, 0.15) is 0 Å². The SMILES string of the molecule is CC(C)CCCCCC(=O)Cl.O=C(Cl)C12CC3CC(CC(C3)C1)C2.O=C(Cl)c1c(Cl)cc(Cl)cc1Cl.O=C(Cl)c1cc(C(F)(F)F)ccc1C(F)(F)F.O=C(Cl)c1cc(F)c(F)c(F)c1F.O=C(Cl)c1ccc(F)c(F)c1F. The molecule has 430 valence electrons. The van der Waals surface area contributed by atoms with Crippen LogP contribution in [0.3, 0.4) is 0 Å². The molecule has 4 bridgehead atoms. The van der Waals surface area contributed by atoms with Crippen molar-refractivity contribution >= 4 is 136 Å². The summed E-state index contributed by atoms with van der Waals surface area (Å²) in [7, 11) is 0. The Balaban J connectivity index is 0.000000322. The average Bonchev–Trinajstić information content (AvgIpc) is 3.30. The predicted octanol–water partition coefficient (Wildman–Crippen LogP) is 19.6. The summed E-state index contributed by atoms with van der Waals surface area (Å²) in [5, 5.41) is -4.39. The number of hydrogen-bond acceptors (Lipinski definition) is 6. The first-order valence-electron chi connectivity index (χ1n) is 22.4. The molecule has 28 heteroatoms. The maximum absolute atomic E-state index is 12.6. The summed E-state index contributed by atoms with van der Waals surface area (Å²) in [6.07, 6.45) is 2.76. The highest BCUT2D eigenvalue weighted by atomic mass is 35.5. The molecular formula is C50H40Cl9F13O6. The van der Waals surface area contributed by atoms with E-state index in [0.717, 1.165) is 61.8 Å². The molecule has 4 fully saturated rings. The Morgan fingerprint density at radius 3 is 1.38 bits per heavy atom. The number of halogens is 22. The van der Waals surface area contributed by atoms with E-state index in [1.807, 2.05) is 0 Å². The Morgan fingerprint density at radius 1 is 0.526 bits per heavy atom. The van der Waals surface area contributed by atoms with Crippen molar-refractivity contribution in [3.05, 3.63) is 138 Å². The van der Waals surface area contributed by atoms with Crippen LogP contribution in [0.15, 0.2) is 48.5 Å². The number of hydrogen-bond donors (Lipinski definition) is 0. The molecule has 0 N–H and O–H groups in total. The van der Waals surface area contributed by atoms with E-state index in [9.17, 15) is 85.8 Å². The number of benzene rings is 4. The second-order valence-electron chi connectivity index (χ2n) is 18.0. The fourth-order valence-electron chi connectivity index (χ4n) is 8.60. The van der Waals surface area contributed by atoms with Gasteiger partial charge >= 0.3 is 12.4 Å². The predicted molar refractivity (Wildman–Crippen MR) is 271 cm³/mol. The van der Waals surface area contributed by atoms with Gasteiger partial charge in [0.05, 0.1) is 37.9 Å². The monoisotopic (exact) mass is 1300 g/mol. The van der Waals surface area contributed by atoms with Crippen LogP contribution < -0.4 is 0 Å². The highest BCUT2D eigenvalue weighted by molar-refractivity contribution is 6.70. The van der Waals surface area contributed by atoms with Gasteiger partial charge in [0.25, 0.3) is 21.0 Å². The van der Waals surface area contributed by atoms with Crippen LogP contribution >= 0.6 is 104 Å². The molecule has 0 aliphatic heterocycles. The van der Waals surface area contributed by atoms with Crippen molar-refractivity contribution in [2.24, 2.45) is 29.1 Å². The molecular weight excluding hydrogens is 1260 g/mol. The topological polar surface area (TPSA) is 102 Å². The van der Waals surface area contributed by atoms with Crippen LogP contribution in [0, 0.1) is 69.8 Å². The van der Waals surface area contributed by atoms with Gasteiger partial charge in [0.2, 0.25) is 10.5 Å². The summed E-state index contributed by atoms with van der Waals surface area (Å²) in [5.41, 5.74) is -5.76.